The average molecular weight is 627 g/mol. The number of ether oxygens (including phenoxy) is 5. The molecule has 1 fully saturated rings. The smallest absolute Gasteiger partial charge is 0.330 e. The number of hydrogen-bond acceptors (Lipinski definition) is 14. The van der Waals surface area contributed by atoms with Gasteiger partial charge in [0.1, 0.15) is 59.8 Å². The Morgan fingerprint density at radius 2 is 1.62 bits per heavy atom. The van der Waals surface area contributed by atoms with E-state index in [2.05, 4.69) is 0 Å². The summed E-state index contributed by atoms with van der Waals surface area (Å²) < 4.78 is 27.9. The van der Waals surface area contributed by atoms with Gasteiger partial charge in [0.15, 0.2) is 17.6 Å². The van der Waals surface area contributed by atoms with E-state index in [0.29, 0.717) is 5.56 Å². The summed E-state index contributed by atoms with van der Waals surface area (Å²) in [5.74, 6) is -2.79. The van der Waals surface area contributed by atoms with Crippen molar-refractivity contribution in [3.8, 4) is 40.2 Å². The molecule has 0 radical (unpaired) electrons. The summed E-state index contributed by atoms with van der Waals surface area (Å²) in [5.41, 5.74) is 0.843. The number of benzene rings is 3. The number of aliphatic hydroxyl groups excluding tert-OH is 3. The fourth-order valence-corrected chi connectivity index (χ4v) is 4.74. The van der Waals surface area contributed by atoms with E-state index in [9.17, 15) is 45.6 Å². The number of methoxy groups -OCH3 is 1. The van der Waals surface area contributed by atoms with Gasteiger partial charge in [0.2, 0.25) is 12.0 Å². The zero-order chi connectivity index (χ0) is 32.4. The number of aliphatic hydroxyl groups is 3. The summed E-state index contributed by atoms with van der Waals surface area (Å²) >= 11 is 0. The highest BCUT2D eigenvalue weighted by Gasteiger charge is 2.46. The fraction of sp³-hybridized carbons (Fsp3) is 0.258. The van der Waals surface area contributed by atoms with Gasteiger partial charge in [-0.2, -0.15) is 0 Å². The van der Waals surface area contributed by atoms with E-state index in [4.69, 9.17) is 23.7 Å². The molecule has 0 spiro atoms. The van der Waals surface area contributed by atoms with E-state index < -0.39 is 60.9 Å². The van der Waals surface area contributed by atoms with Gasteiger partial charge in [0.05, 0.1) is 12.7 Å². The van der Waals surface area contributed by atoms with Gasteiger partial charge in [-0.25, -0.2) is 4.79 Å². The van der Waals surface area contributed by atoms with E-state index in [0.717, 1.165) is 18.2 Å². The number of carbonyl (C=O) groups excluding carboxylic acids is 1. The quantitative estimate of drug-likeness (QED) is 0.101. The van der Waals surface area contributed by atoms with Crippen LogP contribution < -0.4 is 9.47 Å². The molecule has 0 amide bonds. The molecule has 238 valence electrons. The minimum absolute atomic E-state index is 0.0158. The van der Waals surface area contributed by atoms with E-state index >= 15 is 0 Å². The minimum Gasteiger partial charge on any atom is -0.508 e. The standard InChI is InChI=1S/C31H30O14/c1-41-22-9-15(8-20(35)26(22)37)30-23(12-18-19(34)10-17(33)11-21(18)43-30)44-31-29(40)28(39)27(38)24(45-31)13-42-25(36)7-4-14-2-5-16(32)6-3-14/h2-12,24,27-35,37-40H,13H2,1H3/b7-4+/t24-,27-,28+,29-,30?,31?/m1/s1. The van der Waals surface area contributed by atoms with Crippen molar-refractivity contribution >= 4 is 18.1 Å². The second kappa shape index (κ2) is 12.8. The summed E-state index contributed by atoms with van der Waals surface area (Å²) in [6.07, 6.45) is -5.75. The third-order valence-corrected chi connectivity index (χ3v) is 7.11. The lowest BCUT2D eigenvalue weighted by Crippen LogP contribution is -2.59. The molecule has 45 heavy (non-hydrogen) atoms. The average Bonchev–Trinajstić information content (AvgIpc) is 3.01. The predicted octanol–water partition coefficient (Wildman–Crippen LogP) is 1.78. The molecule has 0 aliphatic carbocycles. The van der Waals surface area contributed by atoms with Crippen LogP contribution in [0.2, 0.25) is 0 Å². The van der Waals surface area contributed by atoms with Gasteiger partial charge in [-0.05, 0) is 42.0 Å². The van der Waals surface area contributed by atoms with Crippen LogP contribution in [0.1, 0.15) is 22.8 Å². The predicted molar refractivity (Wildman–Crippen MR) is 153 cm³/mol. The van der Waals surface area contributed by atoms with Crippen molar-refractivity contribution in [2.24, 2.45) is 0 Å². The highest BCUT2D eigenvalue weighted by atomic mass is 16.7. The molecule has 5 rings (SSSR count). The van der Waals surface area contributed by atoms with Crippen molar-refractivity contribution in [3.05, 3.63) is 77.1 Å². The van der Waals surface area contributed by atoms with E-state index in [1.54, 1.807) is 12.1 Å². The molecule has 2 aliphatic rings. The molecule has 2 unspecified atom stereocenters. The second-order valence-corrected chi connectivity index (χ2v) is 10.2. The summed E-state index contributed by atoms with van der Waals surface area (Å²) in [4.78, 5) is 12.3. The molecular formula is C31H30O14. The first-order valence-electron chi connectivity index (χ1n) is 13.5. The lowest BCUT2D eigenvalue weighted by molar-refractivity contribution is -0.294. The number of phenols is 5. The topological polar surface area (TPSA) is 225 Å². The first-order chi connectivity index (χ1) is 21.4. The zero-order valence-corrected chi connectivity index (χ0v) is 23.5. The van der Waals surface area contributed by atoms with Crippen LogP contribution in [0.4, 0.5) is 0 Å². The number of esters is 1. The van der Waals surface area contributed by atoms with Gasteiger partial charge in [-0.1, -0.05) is 12.1 Å². The van der Waals surface area contributed by atoms with E-state index in [1.807, 2.05) is 0 Å². The highest BCUT2D eigenvalue weighted by Crippen LogP contribution is 2.47. The number of carbonyl (C=O) groups is 1. The molecule has 0 aromatic heterocycles. The Kier molecular flexibility index (Phi) is 8.92. The normalized spacial score (nSPS) is 24.3. The van der Waals surface area contributed by atoms with Crippen LogP contribution in [0.25, 0.3) is 12.2 Å². The number of phenolic OH excluding ortho intramolecular Hbond substituents is 5. The maximum atomic E-state index is 12.3. The fourth-order valence-electron chi connectivity index (χ4n) is 4.74. The van der Waals surface area contributed by atoms with Gasteiger partial charge in [-0.15, -0.1) is 0 Å². The molecule has 6 atom stereocenters. The van der Waals surface area contributed by atoms with Crippen molar-refractivity contribution in [2.75, 3.05) is 13.7 Å². The Morgan fingerprint density at radius 3 is 2.33 bits per heavy atom. The first-order valence-corrected chi connectivity index (χ1v) is 13.5. The maximum absolute atomic E-state index is 12.3. The van der Waals surface area contributed by atoms with Crippen LogP contribution in [0.3, 0.4) is 0 Å². The van der Waals surface area contributed by atoms with Crippen LogP contribution >= 0.6 is 0 Å². The van der Waals surface area contributed by atoms with E-state index in [-0.39, 0.29) is 45.6 Å². The molecule has 0 bridgehead atoms. The van der Waals surface area contributed by atoms with Crippen LogP contribution in [0.15, 0.2) is 60.4 Å². The molecule has 2 heterocycles. The number of rotatable bonds is 8. The number of aromatic hydroxyl groups is 5. The van der Waals surface area contributed by atoms with Gasteiger partial charge >= 0.3 is 5.97 Å². The molecule has 14 nitrogen and oxygen atoms in total. The van der Waals surface area contributed by atoms with Crippen molar-refractivity contribution in [3.63, 3.8) is 0 Å². The minimum atomic E-state index is -1.82. The Hall–Kier alpha value is -5.15. The zero-order valence-electron chi connectivity index (χ0n) is 23.5. The lowest BCUT2D eigenvalue weighted by Gasteiger charge is -2.41. The van der Waals surface area contributed by atoms with Crippen molar-refractivity contribution in [1.29, 1.82) is 0 Å². The highest BCUT2D eigenvalue weighted by molar-refractivity contribution is 5.87. The van der Waals surface area contributed by atoms with Crippen LogP contribution in [0.5, 0.6) is 40.2 Å². The van der Waals surface area contributed by atoms with Gasteiger partial charge in [-0.3, -0.25) is 0 Å². The van der Waals surface area contributed by atoms with Gasteiger partial charge in [0, 0.05) is 23.8 Å². The second-order valence-electron chi connectivity index (χ2n) is 10.2. The summed E-state index contributed by atoms with van der Waals surface area (Å²) in [6.45, 7) is -0.547. The molecule has 8 N–H and O–H groups in total. The molecular weight excluding hydrogens is 596 g/mol. The molecule has 3 aromatic carbocycles. The maximum Gasteiger partial charge on any atom is 0.330 e. The Labute approximate surface area is 255 Å². The molecule has 3 aromatic rings. The van der Waals surface area contributed by atoms with Crippen LogP contribution in [-0.4, -0.2) is 91.2 Å². The summed E-state index contributed by atoms with van der Waals surface area (Å²) in [6, 6.07) is 10.8. The van der Waals surface area contributed by atoms with Gasteiger partial charge < -0.3 is 64.5 Å². The summed E-state index contributed by atoms with van der Waals surface area (Å²) in [7, 11) is 1.26. The molecule has 0 saturated carbocycles. The first kappa shape index (κ1) is 31.3. The van der Waals surface area contributed by atoms with Crippen molar-refractivity contribution < 1.29 is 69.3 Å². The van der Waals surface area contributed by atoms with Crippen LogP contribution in [-0.2, 0) is 19.0 Å². The van der Waals surface area contributed by atoms with Crippen LogP contribution in [0, 0.1) is 0 Å². The lowest BCUT2D eigenvalue weighted by atomic mass is 9.98. The third-order valence-electron chi connectivity index (χ3n) is 7.11. The van der Waals surface area contributed by atoms with Crippen molar-refractivity contribution in [2.45, 2.75) is 36.8 Å². The number of hydrogen-bond donors (Lipinski definition) is 8. The third kappa shape index (κ3) is 6.68. The SMILES string of the molecule is COc1cc(C2Oc3cc(O)cc(O)c3C=C2OC2O[C@H](COC(=O)/C=C/c3ccc(O)cc3)[C@@H](O)[C@H](O)[C@H]2O)cc(O)c1O. The van der Waals surface area contributed by atoms with E-state index in [1.165, 1.54) is 43.5 Å². The number of fused-ring (bicyclic) bond motifs is 1. The monoisotopic (exact) mass is 626 g/mol. The summed E-state index contributed by atoms with van der Waals surface area (Å²) in [5, 5.41) is 82.0. The Balaban J connectivity index is 1.38. The van der Waals surface area contributed by atoms with Crippen molar-refractivity contribution in [1.82, 2.24) is 0 Å². The largest absolute Gasteiger partial charge is 0.508 e. The Bertz CT molecular complexity index is 1620. The van der Waals surface area contributed by atoms with Gasteiger partial charge in [0.25, 0.3) is 0 Å². The molecule has 14 heteroatoms. The Morgan fingerprint density at radius 1 is 0.889 bits per heavy atom. The molecule has 2 aliphatic heterocycles. The molecule has 1 saturated heterocycles.